The fourth-order valence-corrected chi connectivity index (χ4v) is 3.66. The van der Waals surface area contributed by atoms with Crippen LogP contribution in [0.15, 0.2) is 54.7 Å². The Hall–Kier alpha value is -1.93. The van der Waals surface area contributed by atoms with Crippen LogP contribution >= 0.6 is 0 Å². The van der Waals surface area contributed by atoms with Crippen molar-refractivity contribution in [2.24, 2.45) is 0 Å². The third-order valence-corrected chi connectivity index (χ3v) is 4.87. The van der Waals surface area contributed by atoms with Gasteiger partial charge in [-0.2, -0.15) is 4.57 Å². The monoisotopic (exact) mass is 291 g/mol. The Morgan fingerprint density at radius 1 is 0.818 bits per heavy atom. The maximum absolute atomic E-state index is 2.61. The third kappa shape index (κ3) is 2.59. The first-order valence-corrected chi connectivity index (χ1v) is 8.44. The second-order valence-corrected chi connectivity index (χ2v) is 6.33. The highest BCUT2D eigenvalue weighted by Gasteiger charge is 2.15. The second-order valence-electron chi connectivity index (χ2n) is 6.33. The first-order valence-electron chi connectivity index (χ1n) is 8.44. The molecule has 0 amide bonds. The number of hydrogen-bond acceptors (Lipinski definition) is 1. The van der Waals surface area contributed by atoms with Crippen molar-refractivity contribution in [2.45, 2.75) is 25.8 Å². The minimum Gasteiger partial charge on any atom is -0.297 e. The van der Waals surface area contributed by atoms with Crippen molar-refractivity contribution in [1.82, 2.24) is 4.90 Å². The number of rotatable bonds is 3. The average Bonchev–Trinajstić information content (AvgIpc) is 2.60. The molecule has 2 aromatic carbocycles. The predicted octanol–water partition coefficient (Wildman–Crippen LogP) is 3.77. The van der Waals surface area contributed by atoms with Crippen LogP contribution < -0.4 is 4.57 Å². The minimum absolute atomic E-state index is 1.07. The number of piperidine rings is 1. The van der Waals surface area contributed by atoms with Gasteiger partial charge >= 0.3 is 0 Å². The van der Waals surface area contributed by atoms with E-state index in [1.165, 1.54) is 54.0 Å². The van der Waals surface area contributed by atoms with Gasteiger partial charge in [0.05, 0.1) is 11.9 Å². The molecule has 1 aliphatic rings. The summed E-state index contributed by atoms with van der Waals surface area (Å²) >= 11 is 0. The van der Waals surface area contributed by atoms with Crippen molar-refractivity contribution in [1.29, 1.82) is 0 Å². The molecule has 0 atom stereocenters. The van der Waals surface area contributed by atoms with Gasteiger partial charge in [-0.1, -0.05) is 36.8 Å². The third-order valence-electron chi connectivity index (χ3n) is 4.87. The summed E-state index contributed by atoms with van der Waals surface area (Å²) in [6, 6.07) is 17.5. The van der Waals surface area contributed by atoms with Crippen molar-refractivity contribution in [2.75, 3.05) is 19.6 Å². The fraction of sp³-hybridized carbons (Fsp3) is 0.350. The lowest BCUT2D eigenvalue weighted by atomic mass is 10.1. The molecule has 1 saturated heterocycles. The van der Waals surface area contributed by atoms with Gasteiger partial charge in [0.1, 0.15) is 0 Å². The summed E-state index contributed by atoms with van der Waals surface area (Å²) in [4.78, 5) is 2.61. The molecule has 0 bridgehead atoms. The molecule has 2 heterocycles. The summed E-state index contributed by atoms with van der Waals surface area (Å²) in [6.45, 7) is 4.77. The molecule has 0 spiro atoms. The molecule has 22 heavy (non-hydrogen) atoms. The van der Waals surface area contributed by atoms with Crippen molar-refractivity contribution >= 4 is 21.7 Å². The van der Waals surface area contributed by atoms with Gasteiger partial charge in [-0.25, -0.2) is 0 Å². The number of hydrogen-bond donors (Lipinski definition) is 0. The smallest absolute Gasteiger partial charge is 0.213 e. The van der Waals surface area contributed by atoms with E-state index in [2.05, 4.69) is 64.2 Å². The SMILES string of the molecule is c1ccc2c(c1)c[n+](CCN1CCCCC1)c1ccccc21. The molecule has 1 aliphatic heterocycles. The van der Waals surface area contributed by atoms with Crippen molar-refractivity contribution in [3.05, 3.63) is 54.7 Å². The van der Waals surface area contributed by atoms with Crippen LogP contribution in [0, 0.1) is 0 Å². The summed E-state index contributed by atoms with van der Waals surface area (Å²) in [7, 11) is 0. The van der Waals surface area contributed by atoms with E-state index in [1.807, 2.05) is 0 Å². The largest absolute Gasteiger partial charge is 0.297 e. The molecule has 4 rings (SSSR count). The van der Waals surface area contributed by atoms with E-state index in [0.29, 0.717) is 0 Å². The first kappa shape index (κ1) is 13.7. The molecule has 0 aliphatic carbocycles. The minimum atomic E-state index is 1.07. The quantitative estimate of drug-likeness (QED) is 0.526. The highest BCUT2D eigenvalue weighted by atomic mass is 15.1. The molecule has 0 radical (unpaired) electrons. The normalized spacial score (nSPS) is 16.4. The Kier molecular flexibility index (Phi) is 3.77. The zero-order chi connectivity index (χ0) is 14.8. The zero-order valence-corrected chi connectivity index (χ0v) is 13.0. The van der Waals surface area contributed by atoms with E-state index < -0.39 is 0 Å². The van der Waals surface area contributed by atoms with Crippen LogP contribution in [-0.2, 0) is 6.54 Å². The van der Waals surface area contributed by atoms with E-state index in [9.17, 15) is 0 Å². The Morgan fingerprint density at radius 2 is 1.55 bits per heavy atom. The van der Waals surface area contributed by atoms with Crippen LogP contribution in [0.5, 0.6) is 0 Å². The number of pyridine rings is 1. The van der Waals surface area contributed by atoms with E-state index in [-0.39, 0.29) is 0 Å². The van der Waals surface area contributed by atoms with Gasteiger partial charge in [0, 0.05) is 16.8 Å². The number of benzene rings is 2. The molecule has 0 unspecified atom stereocenters. The topological polar surface area (TPSA) is 7.12 Å². The molecule has 0 saturated carbocycles. The van der Waals surface area contributed by atoms with Gasteiger partial charge in [-0.3, -0.25) is 4.90 Å². The molecular weight excluding hydrogens is 268 g/mol. The van der Waals surface area contributed by atoms with Gasteiger partial charge < -0.3 is 0 Å². The molecule has 112 valence electrons. The molecular formula is C20H23N2+. The van der Waals surface area contributed by atoms with Crippen molar-refractivity contribution < 1.29 is 4.57 Å². The van der Waals surface area contributed by atoms with Crippen LogP contribution in [0.1, 0.15) is 19.3 Å². The molecule has 3 aromatic rings. The standard InChI is InChI=1S/C20H23N2/c1-6-12-21(13-7-1)14-15-22-16-17-8-2-3-9-18(17)19-10-4-5-11-20(19)22/h2-5,8-11,16H,1,6-7,12-15H2/q+1. The van der Waals surface area contributed by atoms with E-state index in [0.717, 1.165) is 13.1 Å². The van der Waals surface area contributed by atoms with Gasteiger partial charge in [0.2, 0.25) is 5.52 Å². The Bertz CT molecular complexity index is 788. The lowest BCUT2D eigenvalue weighted by Gasteiger charge is -2.25. The Balaban J connectivity index is 1.71. The van der Waals surface area contributed by atoms with Gasteiger partial charge in [-0.05, 0) is 38.1 Å². The molecule has 2 nitrogen and oxygen atoms in total. The summed E-state index contributed by atoms with van der Waals surface area (Å²) in [5.41, 5.74) is 1.35. The number of para-hydroxylation sites is 1. The number of nitrogens with zero attached hydrogens (tertiary/aromatic N) is 2. The maximum Gasteiger partial charge on any atom is 0.213 e. The van der Waals surface area contributed by atoms with Crippen LogP contribution in [0.2, 0.25) is 0 Å². The summed E-state index contributed by atoms with van der Waals surface area (Å²) in [5, 5.41) is 4.05. The summed E-state index contributed by atoms with van der Waals surface area (Å²) in [5.74, 6) is 0. The van der Waals surface area contributed by atoms with Gasteiger partial charge in [0.25, 0.3) is 0 Å². The molecule has 1 aromatic heterocycles. The van der Waals surface area contributed by atoms with E-state index in [1.54, 1.807) is 0 Å². The zero-order valence-electron chi connectivity index (χ0n) is 13.0. The summed E-state index contributed by atoms with van der Waals surface area (Å²) < 4.78 is 2.44. The van der Waals surface area contributed by atoms with E-state index in [4.69, 9.17) is 0 Å². The highest BCUT2D eigenvalue weighted by molar-refractivity contribution is 6.03. The lowest BCUT2D eigenvalue weighted by Crippen LogP contribution is -2.42. The first-order chi connectivity index (χ1) is 10.9. The van der Waals surface area contributed by atoms with Crippen molar-refractivity contribution in [3.8, 4) is 0 Å². The molecule has 2 heteroatoms. The van der Waals surface area contributed by atoms with Gasteiger partial charge in [-0.15, -0.1) is 0 Å². The predicted molar refractivity (Wildman–Crippen MR) is 91.9 cm³/mol. The second kappa shape index (κ2) is 6.05. The van der Waals surface area contributed by atoms with Gasteiger partial charge in [0.15, 0.2) is 12.7 Å². The number of fused-ring (bicyclic) bond motifs is 3. The van der Waals surface area contributed by atoms with E-state index >= 15 is 0 Å². The Morgan fingerprint density at radius 3 is 2.41 bits per heavy atom. The Labute approximate surface area is 132 Å². The van der Waals surface area contributed by atoms with Crippen LogP contribution in [0.3, 0.4) is 0 Å². The molecule has 1 fully saturated rings. The average molecular weight is 291 g/mol. The maximum atomic E-state index is 2.61. The highest BCUT2D eigenvalue weighted by Crippen LogP contribution is 2.22. The van der Waals surface area contributed by atoms with Crippen molar-refractivity contribution in [3.63, 3.8) is 0 Å². The summed E-state index contributed by atoms with van der Waals surface area (Å²) in [6.07, 6.45) is 6.45. The number of likely N-dealkylation sites (tertiary alicyclic amines) is 1. The lowest BCUT2D eigenvalue weighted by molar-refractivity contribution is -0.669. The van der Waals surface area contributed by atoms with Crippen LogP contribution in [-0.4, -0.2) is 24.5 Å². The fourth-order valence-electron chi connectivity index (χ4n) is 3.66. The number of aromatic nitrogens is 1. The van der Waals surface area contributed by atoms with Crippen LogP contribution in [0.25, 0.3) is 21.7 Å². The molecule has 0 N–H and O–H groups in total. The van der Waals surface area contributed by atoms with Crippen LogP contribution in [0.4, 0.5) is 0 Å².